The average Bonchev–Trinajstić information content (AvgIpc) is 1.91. The van der Waals surface area contributed by atoms with Crippen molar-refractivity contribution in [2.75, 3.05) is 0 Å². The molecule has 0 heterocycles. The van der Waals surface area contributed by atoms with Crippen LogP contribution >= 0.6 is 0 Å². The van der Waals surface area contributed by atoms with Crippen LogP contribution < -0.4 is 0 Å². The van der Waals surface area contributed by atoms with Crippen LogP contribution in [0.3, 0.4) is 0 Å². The fraction of sp³-hybridized carbons (Fsp3) is 0.400. The quantitative estimate of drug-likeness (QED) is 0.489. The molecule has 0 aliphatic heterocycles. The Morgan fingerprint density at radius 1 is 0.800 bits per heavy atom. The molecule has 0 aromatic heterocycles. The standard InChI is InChI=1S/C4H8.2C3H6/c1-3-4-2;2*1-3-2/h1-4H2;2*1-3H2. The molecule has 0 nitrogen and oxygen atoms in total. The summed E-state index contributed by atoms with van der Waals surface area (Å²) >= 11 is 0. The molecule has 0 aromatic carbocycles. The van der Waals surface area contributed by atoms with Crippen molar-refractivity contribution in [1.82, 2.24) is 0 Å². The van der Waals surface area contributed by atoms with Crippen molar-refractivity contribution >= 4 is 0 Å². The largest absolute Gasteiger partial charge is 0.339 e. The lowest BCUT2D eigenvalue weighted by atomic mass is 10.4. The highest BCUT2D eigenvalue weighted by molar-refractivity contribution is 4.38. The fourth-order valence-corrected chi connectivity index (χ4v) is 0. The van der Waals surface area contributed by atoms with Gasteiger partial charge in [-0.1, -0.05) is 0 Å². The van der Waals surface area contributed by atoms with E-state index in [0.717, 1.165) is 25.7 Å². The summed E-state index contributed by atoms with van der Waals surface area (Å²) in [6.45, 7) is 20.6. The highest BCUT2D eigenvalue weighted by Gasteiger charge is 1.57. The van der Waals surface area contributed by atoms with E-state index in [1.165, 1.54) is 0 Å². The molecule has 0 bridgehead atoms. The maximum absolute atomic E-state index is 3.54. The first-order chi connectivity index (χ1) is 4.74. The van der Waals surface area contributed by atoms with Crippen molar-refractivity contribution in [3.8, 4) is 0 Å². The van der Waals surface area contributed by atoms with E-state index in [1.54, 1.807) is 0 Å². The van der Waals surface area contributed by atoms with Crippen molar-refractivity contribution in [1.29, 1.82) is 0 Å². The Hall–Kier alpha value is -0.390. The van der Waals surface area contributed by atoms with Gasteiger partial charge in [-0.3, -0.25) is 13.8 Å². The third-order valence-corrected chi connectivity index (χ3v) is 0.250. The zero-order valence-corrected chi connectivity index (χ0v) is 7.07. The van der Waals surface area contributed by atoms with Gasteiger partial charge in [0.15, 0.2) is 0 Å². The third-order valence-electron chi connectivity index (χ3n) is 0.250. The molecule has 60 valence electrons. The zero-order valence-electron chi connectivity index (χ0n) is 7.07. The van der Waals surface area contributed by atoms with Crippen LogP contribution in [0.5, 0.6) is 0 Å². The van der Waals surface area contributed by atoms with Gasteiger partial charge in [0.05, 0.1) is 13.3 Å². The van der Waals surface area contributed by atoms with E-state index in [2.05, 4.69) is 41.5 Å². The lowest BCUT2D eigenvalue weighted by molar-refractivity contribution is 1.05. The molecule has 0 unspecified atom stereocenters. The number of rotatable bonds is 1. The number of hydrogen-bond acceptors (Lipinski definition) is 0. The summed E-state index contributed by atoms with van der Waals surface area (Å²) in [4.78, 5) is 0. The molecule has 0 aromatic rings. The molecule has 0 rings (SSSR count). The van der Waals surface area contributed by atoms with Gasteiger partial charge in [0, 0.05) is 13.8 Å². The van der Waals surface area contributed by atoms with Gasteiger partial charge in [-0.2, -0.15) is 0 Å². The van der Waals surface area contributed by atoms with Crippen LogP contribution in [0.4, 0.5) is 0 Å². The second kappa shape index (κ2) is 38.3. The van der Waals surface area contributed by atoms with Gasteiger partial charge in [0.1, 0.15) is 0 Å². The van der Waals surface area contributed by atoms with Gasteiger partial charge in [0.25, 0.3) is 0 Å². The second-order valence-corrected chi connectivity index (χ2v) is 1.41. The van der Waals surface area contributed by atoms with Crippen molar-refractivity contribution in [2.24, 2.45) is 0 Å². The Morgan fingerprint density at radius 2 is 0.900 bits per heavy atom. The Labute approximate surface area is 68.0 Å². The monoisotopic (exact) mass is 140 g/mol. The van der Waals surface area contributed by atoms with Gasteiger partial charge in [0.2, 0.25) is 0 Å². The lowest BCUT2D eigenvalue weighted by Gasteiger charge is -1.71. The first-order valence-electron chi connectivity index (χ1n) is 3.50. The predicted octanol–water partition coefficient (Wildman–Crippen LogP) is 3.52. The average molecular weight is 140 g/mol. The van der Waals surface area contributed by atoms with E-state index in [9.17, 15) is 0 Å². The van der Waals surface area contributed by atoms with Gasteiger partial charge in [-0.15, -0.1) is 6.42 Å². The van der Waals surface area contributed by atoms with Crippen LogP contribution in [-0.2, 0) is 0 Å². The van der Waals surface area contributed by atoms with E-state index < -0.39 is 0 Å². The van der Waals surface area contributed by atoms with Gasteiger partial charge >= 0.3 is 0 Å². The molecule has 0 radical (unpaired) electrons. The van der Waals surface area contributed by atoms with Crippen molar-refractivity contribution in [3.63, 3.8) is 0 Å². The maximum Gasteiger partial charge on any atom is 0.0587 e. The van der Waals surface area contributed by atoms with Gasteiger partial charge in [-0.25, -0.2) is 0 Å². The molecule has 0 atom stereocenters. The highest BCUT2D eigenvalue weighted by atomic mass is 13.6. The molecule has 0 heteroatoms. The molecular formula is C10H20. The molecule has 0 fully saturated rings. The summed E-state index contributed by atoms with van der Waals surface area (Å²) < 4.78 is 0. The van der Waals surface area contributed by atoms with Crippen LogP contribution in [0, 0.1) is 41.5 Å². The van der Waals surface area contributed by atoms with Crippen LogP contribution in [0.15, 0.2) is 0 Å². The predicted molar refractivity (Wildman–Crippen MR) is 50.6 cm³/mol. The second-order valence-electron chi connectivity index (χ2n) is 1.41. The minimum atomic E-state index is 0.750. The SMILES string of the molecule is [CH2+]CC[CH2-].[CH2+]C[CH2-].[CH2+]C[CH2-]. The summed E-state index contributed by atoms with van der Waals surface area (Å²) in [7, 11) is 0. The lowest BCUT2D eigenvalue weighted by Crippen LogP contribution is -1.49. The molecular weight excluding hydrogens is 120 g/mol. The minimum absolute atomic E-state index is 0.750. The van der Waals surface area contributed by atoms with Crippen LogP contribution in [0.25, 0.3) is 0 Å². The van der Waals surface area contributed by atoms with E-state index in [0.29, 0.717) is 0 Å². The summed E-state index contributed by atoms with van der Waals surface area (Å²) in [5, 5.41) is 0. The number of unbranched alkanes of at least 4 members (excludes halogenated alkanes) is 1. The topological polar surface area (TPSA) is 0 Å². The molecule has 0 aliphatic carbocycles. The van der Waals surface area contributed by atoms with E-state index in [1.807, 2.05) is 0 Å². The van der Waals surface area contributed by atoms with E-state index >= 15 is 0 Å². The van der Waals surface area contributed by atoms with Crippen molar-refractivity contribution in [3.05, 3.63) is 41.5 Å². The molecule has 0 spiro atoms. The van der Waals surface area contributed by atoms with Crippen LogP contribution in [0.1, 0.15) is 25.7 Å². The summed E-state index contributed by atoms with van der Waals surface area (Å²) in [6, 6.07) is 0. The van der Waals surface area contributed by atoms with Gasteiger partial charge in [-0.05, 0) is 12.8 Å². The Morgan fingerprint density at radius 3 is 0.900 bits per heavy atom. The van der Waals surface area contributed by atoms with Crippen molar-refractivity contribution in [2.45, 2.75) is 25.7 Å². The molecule has 0 saturated heterocycles. The Kier molecular flexibility index (Phi) is 62.4. The van der Waals surface area contributed by atoms with Crippen LogP contribution in [0.2, 0.25) is 0 Å². The summed E-state index contributed by atoms with van der Waals surface area (Å²) in [6.07, 6.45) is 3.42. The molecule has 10 heavy (non-hydrogen) atoms. The summed E-state index contributed by atoms with van der Waals surface area (Å²) in [5.41, 5.74) is 0. The molecule has 0 amide bonds. The number of hydrogen-bond donors (Lipinski definition) is 0. The molecule has 0 N–H and O–H groups in total. The minimum Gasteiger partial charge on any atom is -0.339 e. The Bertz CT molecular complexity index is 12.0. The summed E-state index contributed by atoms with van der Waals surface area (Å²) in [5.74, 6) is 0. The normalized spacial score (nSPS) is 6.30. The zero-order chi connectivity index (χ0) is 8.83. The van der Waals surface area contributed by atoms with Crippen LogP contribution in [-0.4, -0.2) is 0 Å². The smallest absolute Gasteiger partial charge is 0.0587 e. The maximum atomic E-state index is 3.54. The van der Waals surface area contributed by atoms with Gasteiger partial charge < -0.3 is 6.92 Å². The fourth-order valence-electron chi connectivity index (χ4n) is 0. The highest BCUT2D eigenvalue weighted by Crippen LogP contribution is 1.75. The van der Waals surface area contributed by atoms with Crippen molar-refractivity contribution < 1.29 is 0 Å². The van der Waals surface area contributed by atoms with E-state index in [4.69, 9.17) is 0 Å². The first kappa shape index (κ1) is 16.3. The molecule has 0 aliphatic rings. The molecule has 0 saturated carbocycles. The first-order valence-corrected chi connectivity index (χ1v) is 3.50. The Balaban J connectivity index is -0.0000000750. The van der Waals surface area contributed by atoms with E-state index in [-0.39, 0.29) is 0 Å². The third kappa shape index (κ3) is 894.